The Kier molecular flexibility index (Phi) is 4.62. The molecule has 0 saturated heterocycles. The molecule has 1 aliphatic heterocycles. The molecule has 1 N–H and O–H groups in total. The second-order valence-corrected chi connectivity index (χ2v) is 7.28. The van der Waals surface area contributed by atoms with Gasteiger partial charge in [0.1, 0.15) is 5.60 Å². The van der Waals surface area contributed by atoms with E-state index in [0.29, 0.717) is 0 Å². The summed E-state index contributed by atoms with van der Waals surface area (Å²) < 4.78 is 0. The lowest BCUT2D eigenvalue weighted by atomic mass is 9.71. The molecular formula is C24H25NO. The van der Waals surface area contributed by atoms with Crippen LogP contribution in [0.1, 0.15) is 34.6 Å². The Hall–Kier alpha value is -2.42. The SMILES string of the molecule is CN1CCC(C(O)(c2ccccc2)c2ccccc2)c2ccccc2C1. The highest BCUT2D eigenvalue weighted by atomic mass is 16.3. The lowest BCUT2D eigenvalue weighted by molar-refractivity contribution is 0.0446. The van der Waals surface area contributed by atoms with Crippen LogP contribution in [0, 0.1) is 0 Å². The van der Waals surface area contributed by atoms with Crippen LogP contribution in [0.2, 0.25) is 0 Å². The molecule has 0 spiro atoms. The first-order valence-corrected chi connectivity index (χ1v) is 9.29. The fraction of sp³-hybridized carbons (Fsp3) is 0.250. The van der Waals surface area contributed by atoms with Gasteiger partial charge in [-0.05, 0) is 42.3 Å². The smallest absolute Gasteiger partial charge is 0.121 e. The maximum Gasteiger partial charge on any atom is 0.121 e. The van der Waals surface area contributed by atoms with Gasteiger partial charge >= 0.3 is 0 Å². The first-order valence-electron chi connectivity index (χ1n) is 9.29. The van der Waals surface area contributed by atoms with Crippen LogP contribution >= 0.6 is 0 Å². The molecule has 4 rings (SSSR count). The fourth-order valence-corrected chi connectivity index (χ4v) is 4.28. The molecule has 1 unspecified atom stereocenters. The van der Waals surface area contributed by atoms with Gasteiger partial charge in [-0.1, -0.05) is 84.9 Å². The number of aliphatic hydroxyl groups is 1. The Morgan fingerprint density at radius 1 is 0.808 bits per heavy atom. The van der Waals surface area contributed by atoms with Crippen LogP contribution in [0.5, 0.6) is 0 Å². The van der Waals surface area contributed by atoms with Crippen LogP contribution < -0.4 is 0 Å². The van der Waals surface area contributed by atoms with Gasteiger partial charge in [-0.2, -0.15) is 0 Å². The largest absolute Gasteiger partial charge is 0.380 e. The van der Waals surface area contributed by atoms with Gasteiger partial charge in [0.2, 0.25) is 0 Å². The van der Waals surface area contributed by atoms with E-state index in [9.17, 15) is 5.11 Å². The van der Waals surface area contributed by atoms with Crippen molar-refractivity contribution in [1.82, 2.24) is 4.90 Å². The molecule has 3 aromatic rings. The van der Waals surface area contributed by atoms with E-state index >= 15 is 0 Å². The van der Waals surface area contributed by atoms with Crippen LogP contribution in [0.25, 0.3) is 0 Å². The van der Waals surface area contributed by atoms with E-state index in [0.717, 1.165) is 30.6 Å². The van der Waals surface area contributed by atoms with Crippen LogP contribution in [0.15, 0.2) is 84.9 Å². The third kappa shape index (κ3) is 2.96. The van der Waals surface area contributed by atoms with Gasteiger partial charge < -0.3 is 10.0 Å². The summed E-state index contributed by atoms with van der Waals surface area (Å²) in [7, 11) is 2.16. The lowest BCUT2D eigenvalue weighted by Crippen LogP contribution is -2.36. The molecule has 3 aromatic carbocycles. The minimum absolute atomic E-state index is 0.00782. The zero-order chi connectivity index (χ0) is 18.0. The fourth-order valence-electron chi connectivity index (χ4n) is 4.28. The van der Waals surface area contributed by atoms with Crippen LogP contribution in [0.4, 0.5) is 0 Å². The van der Waals surface area contributed by atoms with Gasteiger partial charge in [0, 0.05) is 12.5 Å². The van der Waals surface area contributed by atoms with Crippen molar-refractivity contribution < 1.29 is 5.11 Å². The molecule has 0 bridgehead atoms. The van der Waals surface area contributed by atoms with Crippen LogP contribution in [0.3, 0.4) is 0 Å². The molecule has 1 atom stereocenters. The summed E-state index contributed by atoms with van der Waals surface area (Å²) in [4.78, 5) is 2.34. The number of hydrogen-bond acceptors (Lipinski definition) is 2. The monoisotopic (exact) mass is 343 g/mol. The first-order chi connectivity index (χ1) is 12.7. The first kappa shape index (κ1) is 17.0. The summed E-state index contributed by atoms with van der Waals surface area (Å²) in [5, 5.41) is 12.2. The molecule has 0 radical (unpaired) electrons. The van der Waals surface area contributed by atoms with Crippen molar-refractivity contribution in [3.8, 4) is 0 Å². The lowest BCUT2D eigenvalue weighted by Gasteiger charge is -2.38. The van der Waals surface area contributed by atoms with Crippen molar-refractivity contribution in [2.24, 2.45) is 0 Å². The van der Waals surface area contributed by atoms with E-state index in [-0.39, 0.29) is 5.92 Å². The van der Waals surface area contributed by atoms with Gasteiger partial charge in [0.25, 0.3) is 0 Å². The van der Waals surface area contributed by atoms with Crippen LogP contribution in [-0.4, -0.2) is 23.6 Å². The minimum atomic E-state index is -1.05. The molecule has 0 amide bonds. The molecule has 0 aromatic heterocycles. The van der Waals surface area contributed by atoms with Crippen molar-refractivity contribution in [3.63, 3.8) is 0 Å². The number of fused-ring (bicyclic) bond motifs is 1. The van der Waals surface area contributed by atoms with Gasteiger partial charge in [0.15, 0.2) is 0 Å². The number of benzene rings is 3. The highest BCUT2D eigenvalue weighted by Crippen LogP contribution is 2.46. The molecule has 26 heavy (non-hydrogen) atoms. The van der Waals surface area contributed by atoms with E-state index in [1.807, 2.05) is 60.7 Å². The average Bonchev–Trinajstić information content (AvgIpc) is 2.87. The zero-order valence-electron chi connectivity index (χ0n) is 15.2. The van der Waals surface area contributed by atoms with Gasteiger partial charge in [-0.15, -0.1) is 0 Å². The highest BCUT2D eigenvalue weighted by molar-refractivity contribution is 5.44. The van der Waals surface area contributed by atoms with E-state index < -0.39 is 5.60 Å². The van der Waals surface area contributed by atoms with Crippen molar-refractivity contribution >= 4 is 0 Å². The second kappa shape index (κ2) is 7.06. The van der Waals surface area contributed by atoms with Crippen molar-refractivity contribution in [2.45, 2.75) is 24.5 Å². The molecule has 2 heteroatoms. The maximum atomic E-state index is 12.2. The molecule has 1 aliphatic rings. The Bertz CT molecular complexity index is 820. The highest BCUT2D eigenvalue weighted by Gasteiger charge is 2.42. The third-order valence-corrected chi connectivity index (χ3v) is 5.60. The van der Waals surface area contributed by atoms with Crippen molar-refractivity contribution in [3.05, 3.63) is 107 Å². The summed E-state index contributed by atoms with van der Waals surface area (Å²) in [5.41, 5.74) is 3.42. The normalized spacial score (nSPS) is 18.2. The summed E-state index contributed by atoms with van der Waals surface area (Å²) in [5.74, 6) is 0.00782. The third-order valence-electron chi connectivity index (χ3n) is 5.60. The van der Waals surface area contributed by atoms with E-state index in [2.05, 4.69) is 36.2 Å². The van der Waals surface area contributed by atoms with E-state index in [4.69, 9.17) is 0 Å². The number of nitrogens with zero attached hydrogens (tertiary/aromatic N) is 1. The standard InChI is InChI=1S/C24H25NO/c1-25-17-16-23(22-15-9-8-10-19(22)18-25)24(26,20-11-4-2-5-12-20)21-13-6-3-7-14-21/h2-15,23,26H,16-18H2,1H3. The number of hydrogen-bond donors (Lipinski definition) is 1. The molecule has 1 heterocycles. The Balaban J connectivity index is 1.93. The predicted molar refractivity (Wildman–Crippen MR) is 106 cm³/mol. The molecule has 0 aliphatic carbocycles. The summed E-state index contributed by atoms with van der Waals surface area (Å²) in [6.07, 6.45) is 0.911. The predicted octanol–water partition coefficient (Wildman–Crippen LogP) is 4.54. The Morgan fingerprint density at radius 3 is 1.96 bits per heavy atom. The van der Waals surface area contributed by atoms with Crippen molar-refractivity contribution in [2.75, 3.05) is 13.6 Å². The van der Waals surface area contributed by atoms with Gasteiger partial charge in [-0.25, -0.2) is 0 Å². The second-order valence-electron chi connectivity index (χ2n) is 7.28. The van der Waals surface area contributed by atoms with Gasteiger partial charge in [-0.3, -0.25) is 0 Å². The molecule has 132 valence electrons. The Labute approximate surface area is 155 Å². The molecular weight excluding hydrogens is 318 g/mol. The van der Waals surface area contributed by atoms with E-state index in [1.165, 1.54) is 11.1 Å². The molecule has 0 saturated carbocycles. The van der Waals surface area contributed by atoms with Crippen molar-refractivity contribution in [1.29, 1.82) is 0 Å². The van der Waals surface area contributed by atoms with E-state index in [1.54, 1.807) is 0 Å². The summed E-state index contributed by atoms with van der Waals surface area (Å²) in [6.45, 7) is 1.88. The molecule has 2 nitrogen and oxygen atoms in total. The summed E-state index contributed by atoms with van der Waals surface area (Å²) in [6, 6.07) is 28.8. The molecule has 0 fully saturated rings. The van der Waals surface area contributed by atoms with Crippen LogP contribution in [-0.2, 0) is 12.1 Å². The van der Waals surface area contributed by atoms with Gasteiger partial charge in [0.05, 0.1) is 0 Å². The number of rotatable bonds is 3. The average molecular weight is 343 g/mol. The summed E-state index contributed by atoms with van der Waals surface area (Å²) >= 11 is 0. The quantitative estimate of drug-likeness (QED) is 0.754. The minimum Gasteiger partial charge on any atom is -0.380 e. The Morgan fingerprint density at radius 2 is 1.35 bits per heavy atom. The zero-order valence-corrected chi connectivity index (χ0v) is 15.2. The maximum absolute atomic E-state index is 12.2. The topological polar surface area (TPSA) is 23.5 Å².